The summed E-state index contributed by atoms with van der Waals surface area (Å²) in [7, 11) is 1.79. The topological polar surface area (TPSA) is 55.6 Å². The van der Waals surface area contributed by atoms with Crippen molar-refractivity contribution in [2.24, 2.45) is 11.7 Å². The van der Waals surface area contributed by atoms with Crippen LogP contribution in [0.1, 0.15) is 39.7 Å². The molecule has 0 aliphatic carbocycles. The van der Waals surface area contributed by atoms with Crippen molar-refractivity contribution < 1.29 is 9.53 Å². The van der Waals surface area contributed by atoms with Gasteiger partial charge in [-0.15, -0.1) is 0 Å². The monoisotopic (exact) mass is 292 g/mol. The number of hydrogen-bond acceptors (Lipinski definition) is 3. The van der Waals surface area contributed by atoms with Crippen LogP contribution in [-0.2, 0) is 11.3 Å². The number of ether oxygens (including phenoxy) is 1. The Morgan fingerprint density at radius 3 is 2.57 bits per heavy atom. The Morgan fingerprint density at radius 2 is 2.00 bits per heavy atom. The summed E-state index contributed by atoms with van der Waals surface area (Å²) < 4.78 is 5.67. The summed E-state index contributed by atoms with van der Waals surface area (Å²) in [4.78, 5) is 14.0. The molecule has 0 aliphatic rings. The van der Waals surface area contributed by atoms with Gasteiger partial charge in [0.25, 0.3) is 0 Å². The van der Waals surface area contributed by atoms with E-state index in [0.717, 1.165) is 17.7 Å². The van der Waals surface area contributed by atoms with Crippen molar-refractivity contribution in [2.75, 3.05) is 7.05 Å². The number of nitrogens with two attached hydrogens (primary N) is 1. The molecular weight excluding hydrogens is 264 g/mol. The summed E-state index contributed by atoms with van der Waals surface area (Å²) in [6.07, 6.45) is 1.04. The molecule has 0 aliphatic heterocycles. The van der Waals surface area contributed by atoms with Gasteiger partial charge in [0.15, 0.2) is 0 Å². The predicted octanol–water partition coefficient (Wildman–Crippen LogP) is 2.81. The maximum absolute atomic E-state index is 12.3. The van der Waals surface area contributed by atoms with Crippen molar-refractivity contribution in [1.29, 1.82) is 0 Å². The van der Waals surface area contributed by atoms with Crippen molar-refractivity contribution in [2.45, 2.75) is 52.8 Å². The highest BCUT2D eigenvalue weighted by molar-refractivity contribution is 5.81. The van der Waals surface area contributed by atoms with Crippen LogP contribution in [0.4, 0.5) is 0 Å². The number of hydrogen-bond donors (Lipinski definition) is 1. The van der Waals surface area contributed by atoms with Crippen LogP contribution in [0.3, 0.4) is 0 Å². The van der Waals surface area contributed by atoms with E-state index in [1.807, 2.05) is 52.0 Å². The van der Waals surface area contributed by atoms with Crippen molar-refractivity contribution in [3.05, 3.63) is 29.8 Å². The van der Waals surface area contributed by atoms with E-state index in [1.54, 1.807) is 11.9 Å². The average Bonchev–Trinajstić information content (AvgIpc) is 2.44. The van der Waals surface area contributed by atoms with E-state index >= 15 is 0 Å². The Balaban J connectivity index is 2.70. The summed E-state index contributed by atoms with van der Waals surface area (Å²) in [5.41, 5.74) is 7.05. The molecule has 0 radical (unpaired) electrons. The number of carbonyl (C=O) groups is 1. The second kappa shape index (κ2) is 8.03. The number of benzene rings is 1. The van der Waals surface area contributed by atoms with E-state index in [4.69, 9.17) is 10.5 Å². The highest BCUT2D eigenvalue weighted by Gasteiger charge is 2.22. The molecule has 0 spiro atoms. The molecule has 1 aromatic carbocycles. The predicted molar refractivity (Wildman–Crippen MR) is 86.1 cm³/mol. The summed E-state index contributed by atoms with van der Waals surface area (Å²) in [6.45, 7) is 8.58. The fourth-order valence-electron chi connectivity index (χ4n) is 2.09. The second-order valence-corrected chi connectivity index (χ2v) is 5.92. The lowest BCUT2D eigenvalue weighted by molar-refractivity contribution is -0.132. The number of carbonyl (C=O) groups excluding carboxylic acids is 1. The van der Waals surface area contributed by atoms with Gasteiger partial charge in [-0.3, -0.25) is 4.79 Å². The number of likely N-dealkylation sites (N-methyl/N-ethyl adjacent to an activating group) is 1. The molecule has 2 N–H and O–H groups in total. The van der Waals surface area contributed by atoms with Gasteiger partial charge in [0.1, 0.15) is 5.75 Å². The summed E-state index contributed by atoms with van der Waals surface area (Å²) in [6, 6.07) is 7.40. The minimum atomic E-state index is -0.435. The van der Waals surface area contributed by atoms with Gasteiger partial charge in [0.05, 0.1) is 12.1 Å². The van der Waals surface area contributed by atoms with Gasteiger partial charge in [0, 0.05) is 13.6 Å². The van der Waals surface area contributed by atoms with Crippen LogP contribution < -0.4 is 10.5 Å². The van der Waals surface area contributed by atoms with Crippen LogP contribution in [0.5, 0.6) is 5.75 Å². The van der Waals surface area contributed by atoms with Crippen LogP contribution in [0.25, 0.3) is 0 Å². The molecule has 2 unspecified atom stereocenters. The lowest BCUT2D eigenvalue weighted by atomic mass is 9.99. The summed E-state index contributed by atoms with van der Waals surface area (Å²) >= 11 is 0. The molecule has 0 fully saturated rings. The normalized spacial score (nSPS) is 13.9. The van der Waals surface area contributed by atoms with E-state index in [1.165, 1.54) is 0 Å². The summed E-state index contributed by atoms with van der Waals surface area (Å²) in [5, 5.41) is 0. The standard InChI is InChI=1S/C17H28N2O2/c1-6-13(4)16(18)17(20)19(5)11-14-8-7-9-15(10-14)21-12(2)3/h7-10,12-13,16H,6,11,18H2,1-5H3. The highest BCUT2D eigenvalue weighted by Crippen LogP contribution is 2.17. The third-order valence-corrected chi connectivity index (χ3v) is 3.61. The van der Waals surface area contributed by atoms with Crippen LogP contribution in [0, 0.1) is 5.92 Å². The molecule has 0 saturated carbocycles. The minimum absolute atomic E-state index is 0.0143. The summed E-state index contributed by atoms with van der Waals surface area (Å²) in [5.74, 6) is 1.00. The molecule has 1 amide bonds. The van der Waals surface area contributed by atoms with Crippen molar-refractivity contribution >= 4 is 5.91 Å². The van der Waals surface area contributed by atoms with E-state index in [-0.39, 0.29) is 17.9 Å². The Morgan fingerprint density at radius 1 is 1.33 bits per heavy atom. The fourth-order valence-corrected chi connectivity index (χ4v) is 2.09. The van der Waals surface area contributed by atoms with Gasteiger partial charge in [-0.2, -0.15) is 0 Å². The lowest BCUT2D eigenvalue weighted by Gasteiger charge is -2.25. The van der Waals surface area contributed by atoms with Gasteiger partial charge in [-0.25, -0.2) is 0 Å². The first-order valence-electron chi connectivity index (χ1n) is 7.61. The molecule has 0 aromatic heterocycles. The van der Waals surface area contributed by atoms with E-state index in [9.17, 15) is 4.79 Å². The van der Waals surface area contributed by atoms with Crippen molar-refractivity contribution in [1.82, 2.24) is 4.90 Å². The van der Waals surface area contributed by atoms with Crippen LogP contribution in [-0.4, -0.2) is 30.0 Å². The minimum Gasteiger partial charge on any atom is -0.491 e. The van der Waals surface area contributed by atoms with Crippen molar-refractivity contribution in [3.8, 4) is 5.75 Å². The molecule has 1 rings (SSSR count). The molecule has 2 atom stereocenters. The third kappa shape index (κ3) is 5.38. The first-order valence-corrected chi connectivity index (χ1v) is 7.61. The van der Waals surface area contributed by atoms with Gasteiger partial charge >= 0.3 is 0 Å². The van der Waals surface area contributed by atoms with Crippen LogP contribution in [0.2, 0.25) is 0 Å². The van der Waals surface area contributed by atoms with Gasteiger partial charge in [0.2, 0.25) is 5.91 Å². The Bertz CT molecular complexity index is 460. The first-order chi connectivity index (χ1) is 9.85. The second-order valence-electron chi connectivity index (χ2n) is 5.92. The SMILES string of the molecule is CCC(C)C(N)C(=O)N(C)Cc1cccc(OC(C)C)c1. The first kappa shape index (κ1) is 17.5. The van der Waals surface area contributed by atoms with Crippen molar-refractivity contribution in [3.63, 3.8) is 0 Å². The van der Waals surface area contributed by atoms with Gasteiger partial charge in [-0.05, 0) is 37.5 Å². The molecule has 1 aromatic rings. The number of rotatable bonds is 7. The van der Waals surface area contributed by atoms with Gasteiger partial charge in [-0.1, -0.05) is 32.4 Å². The van der Waals surface area contributed by atoms with Crippen LogP contribution in [0.15, 0.2) is 24.3 Å². The van der Waals surface area contributed by atoms with Crippen LogP contribution >= 0.6 is 0 Å². The lowest BCUT2D eigenvalue weighted by Crippen LogP contribution is -2.45. The smallest absolute Gasteiger partial charge is 0.239 e. The van der Waals surface area contributed by atoms with E-state index in [2.05, 4.69) is 0 Å². The zero-order valence-electron chi connectivity index (χ0n) is 13.8. The molecule has 4 heteroatoms. The molecule has 118 valence electrons. The Kier molecular flexibility index (Phi) is 6.69. The molecule has 0 bridgehead atoms. The third-order valence-electron chi connectivity index (χ3n) is 3.61. The molecule has 4 nitrogen and oxygen atoms in total. The maximum Gasteiger partial charge on any atom is 0.239 e. The number of nitrogens with zero attached hydrogens (tertiary/aromatic N) is 1. The molecular formula is C17H28N2O2. The largest absolute Gasteiger partial charge is 0.491 e. The zero-order valence-corrected chi connectivity index (χ0v) is 13.8. The zero-order chi connectivity index (χ0) is 16.0. The van der Waals surface area contributed by atoms with E-state index in [0.29, 0.717) is 6.54 Å². The highest BCUT2D eigenvalue weighted by atomic mass is 16.5. The molecule has 0 heterocycles. The average molecular weight is 292 g/mol. The van der Waals surface area contributed by atoms with Gasteiger partial charge < -0.3 is 15.4 Å². The molecule has 0 saturated heterocycles. The quantitative estimate of drug-likeness (QED) is 0.840. The maximum atomic E-state index is 12.3. The Labute approximate surface area is 128 Å². The molecule has 21 heavy (non-hydrogen) atoms. The fraction of sp³-hybridized carbons (Fsp3) is 0.588. The number of amides is 1. The Hall–Kier alpha value is -1.55. The van der Waals surface area contributed by atoms with E-state index < -0.39 is 6.04 Å².